The maximum absolute atomic E-state index is 12.9. The molecule has 0 bridgehead atoms. The van der Waals surface area contributed by atoms with Crippen LogP contribution in [0.3, 0.4) is 0 Å². The molecule has 6 nitrogen and oxygen atoms in total. The Kier molecular flexibility index (Phi) is 7.77. The zero-order chi connectivity index (χ0) is 26.7. The summed E-state index contributed by atoms with van der Waals surface area (Å²) in [6, 6.07) is 18.3. The summed E-state index contributed by atoms with van der Waals surface area (Å²) in [6.45, 7) is 12.8. The number of hydrogen-bond donors (Lipinski definition) is 2. The summed E-state index contributed by atoms with van der Waals surface area (Å²) >= 11 is 0. The molecule has 0 unspecified atom stereocenters. The van der Waals surface area contributed by atoms with Gasteiger partial charge in [-0.15, -0.1) is 0 Å². The summed E-state index contributed by atoms with van der Waals surface area (Å²) in [5, 5.41) is 5.77. The number of amides is 2. The third-order valence-electron chi connectivity index (χ3n) is 6.04. The molecule has 3 rings (SSSR count). The first-order valence-electron chi connectivity index (χ1n) is 11.9. The summed E-state index contributed by atoms with van der Waals surface area (Å²) in [6.07, 6.45) is 0. The number of hydrogen-bond acceptors (Lipinski definition) is 4. The average Bonchev–Trinajstić information content (AvgIpc) is 2.83. The van der Waals surface area contributed by atoms with Crippen molar-refractivity contribution in [2.75, 3.05) is 24.9 Å². The van der Waals surface area contributed by atoms with E-state index in [1.807, 2.05) is 24.3 Å². The van der Waals surface area contributed by atoms with Crippen LogP contribution in [0.15, 0.2) is 60.7 Å². The van der Waals surface area contributed by atoms with Crippen molar-refractivity contribution < 1.29 is 19.1 Å². The van der Waals surface area contributed by atoms with Gasteiger partial charge in [0.25, 0.3) is 11.8 Å². The summed E-state index contributed by atoms with van der Waals surface area (Å²) in [4.78, 5) is 25.8. The highest BCUT2D eigenvalue weighted by molar-refractivity contribution is 6.07. The van der Waals surface area contributed by atoms with Crippen molar-refractivity contribution in [3.05, 3.63) is 82.9 Å². The van der Waals surface area contributed by atoms with Gasteiger partial charge in [0.15, 0.2) is 0 Å². The predicted molar refractivity (Wildman–Crippen MR) is 146 cm³/mol. The Morgan fingerprint density at radius 2 is 0.889 bits per heavy atom. The number of benzene rings is 3. The molecule has 0 aliphatic carbocycles. The van der Waals surface area contributed by atoms with Crippen molar-refractivity contribution in [3.8, 4) is 11.5 Å². The third kappa shape index (κ3) is 6.25. The largest absolute Gasteiger partial charge is 0.494 e. The Balaban J connectivity index is 1.82. The molecule has 3 aromatic carbocycles. The summed E-state index contributed by atoms with van der Waals surface area (Å²) < 4.78 is 11.0. The molecular weight excluding hydrogens is 452 g/mol. The number of methoxy groups -OCH3 is 2. The normalized spacial score (nSPS) is 11.6. The number of carbonyl (C=O) groups is 2. The fraction of sp³-hybridized carbons (Fsp3) is 0.333. The lowest BCUT2D eigenvalue weighted by Gasteiger charge is -2.20. The zero-order valence-electron chi connectivity index (χ0n) is 22.4. The molecule has 3 aromatic rings. The fourth-order valence-corrected chi connectivity index (χ4v) is 3.73. The topological polar surface area (TPSA) is 76.7 Å². The highest BCUT2D eigenvalue weighted by atomic mass is 16.5. The van der Waals surface area contributed by atoms with Gasteiger partial charge in [0.2, 0.25) is 0 Å². The quantitative estimate of drug-likeness (QED) is 0.400. The predicted octanol–water partition coefficient (Wildman–Crippen LogP) is 6.80. The molecule has 0 heterocycles. The number of nitrogens with one attached hydrogen (secondary N) is 2. The molecule has 0 aliphatic heterocycles. The maximum atomic E-state index is 12.9. The highest BCUT2D eigenvalue weighted by Gasteiger charge is 2.19. The minimum atomic E-state index is -0.272. The lowest BCUT2D eigenvalue weighted by Crippen LogP contribution is -2.16. The van der Waals surface area contributed by atoms with Crippen LogP contribution in [0.5, 0.6) is 11.5 Å². The maximum Gasteiger partial charge on any atom is 0.255 e. The Morgan fingerprint density at radius 3 is 1.14 bits per heavy atom. The molecule has 0 radical (unpaired) electrons. The lowest BCUT2D eigenvalue weighted by atomic mass is 9.86. The molecule has 2 amide bonds. The van der Waals surface area contributed by atoms with Crippen LogP contribution in [0.2, 0.25) is 0 Å². The Labute approximate surface area is 214 Å². The van der Waals surface area contributed by atoms with Gasteiger partial charge in [-0.3, -0.25) is 9.59 Å². The second-order valence-electron chi connectivity index (χ2n) is 10.8. The smallest absolute Gasteiger partial charge is 0.255 e. The van der Waals surface area contributed by atoms with E-state index in [0.29, 0.717) is 34.0 Å². The number of ether oxygens (including phenoxy) is 2. The number of carbonyl (C=O) groups excluding carboxylic acids is 2. The van der Waals surface area contributed by atoms with Crippen LogP contribution in [-0.4, -0.2) is 26.0 Å². The van der Waals surface area contributed by atoms with Crippen molar-refractivity contribution >= 4 is 23.2 Å². The molecule has 0 atom stereocenters. The molecule has 0 aliphatic rings. The van der Waals surface area contributed by atoms with Gasteiger partial charge in [0.05, 0.1) is 25.6 Å². The van der Waals surface area contributed by atoms with E-state index >= 15 is 0 Å². The summed E-state index contributed by atoms with van der Waals surface area (Å²) in [5.74, 6) is 0.251. The highest BCUT2D eigenvalue weighted by Crippen LogP contribution is 2.37. The monoisotopic (exact) mass is 488 g/mol. The molecule has 0 fully saturated rings. The van der Waals surface area contributed by atoms with E-state index in [4.69, 9.17) is 9.47 Å². The van der Waals surface area contributed by atoms with E-state index in [9.17, 15) is 9.59 Å². The second kappa shape index (κ2) is 10.4. The van der Waals surface area contributed by atoms with Gasteiger partial charge in [0, 0.05) is 23.3 Å². The summed E-state index contributed by atoms with van der Waals surface area (Å²) in [5.41, 5.74) is 4.22. The molecule has 0 saturated carbocycles. The molecule has 2 N–H and O–H groups in total. The zero-order valence-corrected chi connectivity index (χ0v) is 22.4. The van der Waals surface area contributed by atoms with Crippen LogP contribution < -0.4 is 20.1 Å². The van der Waals surface area contributed by atoms with Crippen molar-refractivity contribution in [1.29, 1.82) is 0 Å². The van der Waals surface area contributed by atoms with Crippen LogP contribution in [-0.2, 0) is 10.8 Å². The van der Waals surface area contributed by atoms with Crippen molar-refractivity contribution in [1.82, 2.24) is 0 Å². The van der Waals surface area contributed by atoms with Crippen LogP contribution in [0.25, 0.3) is 0 Å². The minimum absolute atomic E-state index is 0.000484. The van der Waals surface area contributed by atoms with Gasteiger partial charge in [0.1, 0.15) is 11.5 Å². The van der Waals surface area contributed by atoms with Crippen LogP contribution in [0.4, 0.5) is 11.4 Å². The third-order valence-corrected chi connectivity index (χ3v) is 6.04. The van der Waals surface area contributed by atoms with Crippen LogP contribution in [0, 0.1) is 0 Å². The molecule has 0 saturated heterocycles. The van der Waals surface area contributed by atoms with E-state index in [2.05, 4.69) is 52.2 Å². The van der Waals surface area contributed by atoms with Gasteiger partial charge < -0.3 is 20.1 Å². The lowest BCUT2D eigenvalue weighted by molar-refractivity contribution is 0.101. The van der Waals surface area contributed by atoms with E-state index in [-0.39, 0.29) is 22.6 Å². The van der Waals surface area contributed by atoms with Gasteiger partial charge in [-0.25, -0.2) is 0 Å². The van der Waals surface area contributed by atoms with Crippen LogP contribution in [0.1, 0.15) is 73.4 Å². The fourth-order valence-electron chi connectivity index (χ4n) is 3.73. The van der Waals surface area contributed by atoms with E-state index in [0.717, 1.165) is 11.1 Å². The van der Waals surface area contributed by atoms with Crippen molar-refractivity contribution in [2.24, 2.45) is 0 Å². The molecule has 0 spiro atoms. The standard InChI is InChI=1S/C30H36N2O4/c1-29(2,3)21-13-9-19(10-14-21)27(33)31-23-17-26(36-8)24(18-25(23)35-7)32-28(34)20-11-15-22(16-12-20)30(4,5)6/h9-18H,1-8H3,(H,31,33)(H,32,34). The molecule has 0 aromatic heterocycles. The van der Waals surface area contributed by atoms with Gasteiger partial charge in [-0.2, -0.15) is 0 Å². The Morgan fingerprint density at radius 1 is 0.583 bits per heavy atom. The molecule has 190 valence electrons. The SMILES string of the molecule is COc1cc(NC(=O)c2ccc(C(C)(C)C)cc2)c(OC)cc1NC(=O)c1ccc(C(C)(C)C)cc1. The van der Waals surface area contributed by atoms with Crippen LogP contribution >= 0.6 is 0 Å². The number of anilines is 2. The molecule has 36 heavy (non-hydrogen) atoms. The van der Waals surface area contributed by atoms with E-state index < -0.39 is 0 Å². The second-order valence-corrected chi connectivity index (χ2v) is 10.8. The minimum Gasteiger partial charge on any atom is -0.494 e. The van der Waals surface area contributed by atoms with Gasteiger partial charge in [-0.1, -0.05) is 65.8 Å². The van der Waals surface area contributed by atoms with E-state index in [1.165, 1.54) is 14.2 Å². The summed E-state index contributed by atoms with van der Waals surface area (Å²) in [7, 11) is 3.01. The molecular formula is C30H36N2O4. The Bertz CT molecular complexity index is 1130. The first-order chi connectivity index (χ1) is 16.8. The first-order valence-corrected chi connectivity index (χ1v) is 11.9. The number of rotatable bonds is 6. The Hall–Kier alpha value is -3.80. The van der Waals surface area contributed by atoms with Crippen molar-refractivity contribution in [2.45, 2.75) is 52.4 Å². The van der Waals surface area contributed by atoms with Crippen molar-refractivity contribution in [3.63, 3.8) is 0 Å². The van der Waals surface area contributed by atoms with Gasteiger partial charge >= 0.3 is 0 Å². The molecule has 6 heteroatoms. The van der Waals surface area contributed by atoms with Gasteiger partial charge in [-0.05, 0) is 46.2 Å². The van der Waals surface area contributed by atoms with E-state index in [1.54, 1.807) is 36.4 Å². The first kappa shape index (κ1) is 26.8. The average molecular weight is 489 g/mol.